The minimum Gasteiger partial charge on any atom is -0.481 e. The van der Waals surface area contributed by atoms with Crippen molar-refractivity contribution >= 4 is 27.6 Å². The predicted octanol–water partition coefficient (Wildman–Crippen LogP) is 2.94. The van der Waals surface area contributed by atoms with Crippen molar-refractivity contribution in [2.45, 2.75) is 11.3 Å². The molecule has 0 spiro atoms. The molecule has 0 saturated carbocycles. The van der Waals surface area contributed by atoms with E-state index in [4.69, 9.17) is 26.4 Å². The molecule has 2 aromatic carbocycles. The maximum atomic E-state index is 11.4. The van der Waals surface area contributed by atoms with Crippen molar-refractivity contribution in [1.82, 2.24) is 5.16 Å². The smallest absolute Gasteiger partial charge is 0.309 e. The van der Waals surface area contributed by atoms with Crippen LogP contribution in [0.2, 0.25) is 5.02 Å². The molecule has 9 heteroatoms. The summed E-state index contributed by atoms with van der Waals surface area (Å²) >= 11 is 5.91. The summed E-state index contributed by atoms with van der Waals surface area (Å²) in [5.41, 5.74) is 1.97. The third-order valence-corrected chi connectivity index (χ3v) is 4.84. The number of carboxylic acid groups (broad SMARTS) is 1. The number of nitrogens with two attached hydrogens (primary N) is 1. The fourth-order valence-electron chi connectivity index (χ4n) is 2.49. The Hall–Kier alpha value is -2.68. The summed E-state index contributed by atoms with van der Waals surface area (Å²) in [6.07, 6.45) is -0.323. The first kappa shape index (κ1) is 18.1. The average molecular weight is 393 g/mol. The van der Waals surface area contributed by atoms with Gasteiger partial charge in [0.25, 0.3) is 0 Å². The van der Waals surface area contributed by atoms with Crippen molar-refractivity contribution < 1.29 is 22.8 Å². The summed E-state index contributed by atoms with van der Waals surface area (Å²) < 4.78 is 28.1. The Morgan fingerprint density at radius 2 is 1.65 bits per heavy atom. The van der Waals surface area contributed by atoms with Gasteiger partial charge in [-0.2, -0.15) is 0 Å². The molecule has 0 unspecified atom stereocenters. The topological polar surface area (TPSA) is 123 Å². The molecule has 0 aliphatic heterocycles. The van der Waals surface area contributed by atoms with Crippen LogP contribution in [0.4, 0.5) is 0 Å². The van der Waals surface area contributed by atoms with Crippen LogP contribution in [-0.2, 0) is 21.2 Å². The van der Waals surface area contributed by atoms with Gasteiger partial charge >= 0.3 is 5.97 Å². The van der Waals surface area contributed by atoms with E-state index in [9.17, 15) is 13.2 Å². The van der Waals surface area contributed by atoms with E-state index in [2.05, 4.69) is 5.16 Å². The molecule has 0 fully saturated rings. The van der Waals surface area contributed by atoms with Gasteiger partial charge in [0.15, 0.2) is 5.76 Å². The molecule has 3 N–H and O–H groups in total. The van der Waals surface area contributed by atoms with Crippen molar-refractivity contribution in [3.63, 3.8) is 0 Å². The number of primary sulfonamides is 1. The Morgan fingerprint density at radius 1 is 1.08 bits per heavy atom. The lowest BCUT2D eigenvalue weighted by atomic mass is 9.98. The van der Waals surface area contributed by atoms with Crippen LogP contribution in [-0.4, -0.2) is 24.7 Å². The first-order chi connectivity index (χ1) is 12.3. The Bertz CT molecular complexity index is 1060. The molecule has 0 saturated heterocycles. The summed E-state index contributed by atoms with van der Waals surface area (Å²) in [5, 5.41) is 18.6. The SMILES string of the molecule is NS(=O)(=O)c1ccc(-c2onc(CC(=O)O)c2-c2ccc(Cl)cc2)cc1. The van der Waals surface area contributed by atoms with Gasteiger partial charge in [0.2, 0.25) is 10.0 Å². The molecule has 0 atom stereocenters. The van der Waals surface area contributed by atoms with E-state index < -0.39 is 16.0 Å². The molecule has 0 aliphatic carbocycles. The molecule has 0 amide bonds. The predicted molar refractivity (Wildman–Crippen MR) is 95.1 cm³/mol. The molecule has 1 aromatic heterocycles. The highest BCUT2D eigenvalue weighted by Crippen LogP contribution is 2.36. The Kier molecular flexibility index (Phi) is 4.82. The van der Waals surface area contributed by atoms with Gasteiger partial charge < -0.3 is 9.63 Å². The maximum Gasteiger partial charge on any atom is 0.309 e. The largest absolute Gasteiger partial charge is 0.481 e. The molecular formula is C17H13ClN2O5S. The Morgan fingerprint density at radius 3 is 2.19 bits per heavy atom. The first-order valence-electron chi connectivity index (χ1n) is 7.35. The van der Waals surface area contributed by atoms with Crippen molar-refractivity contribution in [3.05, 3.63) is 59.2 Å². The van der Waals surface area contributed by atoms with Crippen molar-refractivity contribution in [2.75, 3.05) is 0 Å². The van der Waals surface area contributed by atoms with Crippen LogP contribution < -0.4 is 5.14 Å². The standard InChI is InChI=1S/C17H13ClN2O5S/c18-12-5-1-10(2-6-12)16-14(9-15(21)22)20-25-17(16)11-3-7-13(8-4-11)26(19,23)24/h1-8H,9H2,(H,21,22)(H2,19,23,24). The molecule has 1 heterocycles. The number of sulfonamides is 1. The van der Waals surface area contributed by atoms with Gasteiger partial charge in [0.1, 0.15) is 5.69 Å². The van der Waals surface area contributed by atoms with Crippen LogP contribution in [0.1, 0.15) is 5.69 Å². The molecule has 134 valence electrons. The highest BCUT2D eigenvalue weighted by molar-refractivity contribution is 7.89. The monoisotopic (exact) mass is 392 g/mol. The van der Waals surface area contributed by atoms with E-state index in [1.807, 2.05) is 0 Å². The highest BCUT2D eigenvalue weighted by Gasteiger charge is 2.21. The van der Waals surface area contributed by atoms with Crippen LogP contribution in [0.5, 0.6) is 0 Å². The van der Waals surface area contributed by atoms with Crippen LogP contribution in [0.25, 0.3) is 22.5 Å². The molecular weight excluding hydrogens is 380 g/mol. The van der Waals surface area contributed by atoms with Crippen LogP contribution in [0.3, 0.4) is 0 Å². The molecule has 0 radical (unpaired) electrons. The molecule has 3 rings (SSSR count). The number of hydrogen-bond donors (Lipinski definition) is 2. The second-order valence-electron chi connectivity index (χ2n) is 5.48. The Balaban J connectivity index is 2.14. The second kappa shape index (κ2) is 6.91. The van der Waals surface area contributed by atoms with Gasteiger partial charge in [-0.3, -0.25) is 4.79 Å². The number of halogens is 1. The zero-order valence-corrected chi connectivity index (χ0v) is 14.8. The Labute approximate surface area is 154 Å². The van der Waals surface area contributed by atoms with Gasteiger partial charge in [-0.25, -0.2) is 13.6 Å². The molecule has 26 heavy (non-hydrogen) atoms. The lowest BCUT2D eigenvalue weighted by molar-refractivity contribution is -0.136. The summed E-state index contributed by atoms with van der Waals surface area (Å²) in [4.78, 5) is 11.1. The van der Waals surface area contributed by atoms with Gasteiger partial charge in [0.05, 0.1) is 16.9 Å². The fraction of sp³-hybridized carbons (Fsp3) is 0.0588. The first-order valence-corrected chi connectivity index (χ1v) is 9.27. The van der Waals surface area contributed by atoms with Crippen molar-refractivity contribution in [3.8, 4) is 22.5 Å². The number of nitrogens with zero attached hydrogens (tertiary/aromatic N) is 1. The third-order valence-electron chi connectivity index (χ3n) is 3.66. The molecule has 7 nitrogen and oxygen atoms in total. The summed E-state index contributed by atoms with van der Waals surface area (Å²) in [6.45, 7) is 0. The lowest BCUT2D eigenvalue weighted by Gasteiger charge is -2.05. The van der Waals surface area contributed by atoms with Gasteiger partial charge in [-0.05, 0) is 42.0 Å². The van der Waals surface area contributed by atoms with E-state index in [0.29, 0.717) is 27.5 Å². The van der Waals surface area contributed by atoms with E-state index in [1.54, 1.807) is 24.3 Å². The minimum absolute atomic E-state index is 0.0421. The molecule has 3 aromatic rings. The maximum absolute atomic E-state index is 11.4. The van der Waals surface area contributed by atoms with E-state index in [0.717, 1.165) is 0 Å². The highest BCUT2D eigenvalue weighted by atomic mass is 35.5. The van der Waals surface area contributed by atoms with Crippen LogP contribution >= 0.6 is 11.6 Å². The average Bonchev–Trinajstić information content (AvgIpc) is 2.98. The molecule has 0 bridgehead atoms. The van der Waals surface area contributed by atoms with E-state index in [-0.39, 0.29) is 17.0 Å². The quantitative estimate of drug-likeness (QED) is 0.688. The number of benzene rings is 2. The van der Waals surface area contributed by atoms with Crippen LogP contribution in [0, 0.1) is 0 Å². The summed E-state index contributed by atoms with van der Waals surface area (Å²) in [5.74, 6) is -0.728. The summed E-state index contributed by atoms with van der Waals surface area (Å²) in [7, 11) is -3.82. The van der Waals surface area contributed by atoms with Gasteiger partial charge in [-0.15, -0.1) is 0 Å². The normalized spacial score (nSPS) is 11.5. The molecule has 0 aliphatic rings. The fourth-order valence-corrected chi connectivity index (χ4v) is 3.14. The van der Waals surface area contributed by atoms with Crippen molar-refractivity contribution in [1.29, 1.82) is 0 Å². The van der Waals surface area contributed by atoms with E-state index in [1.165, 1.54) is 24.3 Å². The number of hydrogen-bond acceptors (Lipinski definition) is 5. The van der Waals surface area contributed by atoms with Crippen molar-refractivity contribution in [2.24, 2.45) is 5.14 Å². The number of aromatic nitrogens is 1. The third kappa shape index (κ3) is 3.77. The van der Waals surface area contributed by atoms with Gasteiger partial charge in [-0.1, -0.05) is 28.9 Å². The van der Waals surface area contributed by atoms with Crippen LogP contribution in [0.15, 0.2) is 57.9 Å². The zero-order chi connectivity index (χ0) is 18.9. The number of carboxylic acids is 1. The summed E-state index contributed by atoms with van der Waals surface area (Å²) in [6, 6.07) is 12.5. The number of carbonyl (C=O) groups is 1. The van der Waals surface area contributed by atoms with E-state index >= 15 is 0 Å². The number of aliphatic carboxylic acids is 1. The van der Waals surface area contributed by atoms with Gasteiger partial charge in [0, 0.05) is 10.6 Å². The second-order valence-corrected chi connectivity index (χ2v) is 7.48. The lowest BCUT2D eigenvalue weighted by Crippen LogP contribution is -2.11. The number of rotatable bonds is 5. The minimum atomic E-state index is -3.82. The zero-order valence-electron chi connectivity index (χ0n) is 13.2.